The largest absolute Gasteiger partial charge is 0.312 e. The number of hydrogen-bond acceptors (Lipinski definition) is 2. The molecule has 0 bridgehead atoms. The molecule has 1 unspecified atom stereocenters. The van der Waals surface area contributed by atoms with E-state index in [1.165, 1.54) is 64.6 Å². The van der Waals surface area contributed by atoms with E-state index in [-0.39, 0.29) is 0 Å². The summed E-state index contributed by atoms with van der Waals surface area (Å²) in [6.45, 7) is 8.33. The minimum Gasteiger partial charge on any atom is -0.312 e. The summed E-state index contributed by atoms with van der Waals surface area (Å²) in [5, 5.41) is 3.82. The molecule has 0 heterocycles. The molecular formula is C15H30N2. The molecule has 2 nitrogen and oxygen atoms in total. The predicted molar refractivity (Wildman–Crippen MR) is 74.3 cm³/mol. The molecule has 2 fully saturated rings. The van der Waals surface area contributed by atoms with Gasteiger partial charge in [-0.3, -0.25) is 4.90 Å². The Labute approximate surface area is 107 Å². The Balaban J connectivity index is 1.83. The van der Waals surface area contributed by atoms with Gasteiger partial charge in [0.1, 0.15) is 0 Å². The first-order valence-electron chi connectivity index (χ1n) is 7.82. The van der Waals surface area contributed by atoms with Crippen molar-refractivity contribution in [1.82, 2.24) is 10.2 Å². The monoisotopic (exact) mass is 238 g/mol. The molecular weight excluding hydrogens is 208 g/mol. The standard InChI is InChI=1S/C15H30N2/c1-3-11-16-15(13-7-5-6-8-13)12-17(4-2)14-9-10-14/h13-16H,3-12H2,1-2H3. The average Bonchev–Trinajstić information content (AvgIpc) is 3.04. The van der Waals surface area contributed by atoms with Crippen LogP contribution < -0.4 is 5.32 Å². The smallest absolute Gasteiger partial charge is 0.0223 e. The third kappa shape index (κ3) is 3.96. The lowest BCUT2D eigenvalue weighted by molar-refractivity contribution is 0.208. The van der Waals surface area contributed by atoms with Crippen molar-refractivity contribution < 1.29 is 0 Å². The van der Waals surface area contributed by atoms with Crippen LogP contribution in [0, 0.1) is 5.92 Å². The molecule has 2 heteroatoms. The van der Waals surface area contributed by atoms with Crippen molar-refractivity contribution in [1.29, 1.82) is 0 Å². The van der Waals surface area contributed by atoms with E-state index < -0.39 is 0 Å². The zero-order valence-corrected chi connectivity index (χ0v) is 11.8. The molecule has 0 aromatic rings. The van der Waals surface area contributed by atoms with Crippen LogP contribution in [0.4, 0.5) is 0 Å². The lowest BCUT2D eigenvalue weighted by Crippen LogP contribution is -2.46. The lowest BCUT2D eigenvalue weighted by Gasteiger charge is -2.31. The summed E-state index contributed by atoms with van der Waals surface area (Å²) in [6.07, 6.45) is 10.00. The predicted octanol–water partition coefficient (Wildman–Crippen LogP) is 3.03. The lowest BCUT2D eigenvalue weighted by atomic mass is 9.97. The Hall–Kier alpha value is -0.0800. The third-order valence-electron chi connectivity index (χ3n) is 4.53. The fraction of sp³-hybridized carbons (Fsp3) is 1.00. The van der Waals surface area contributed by atoms with E-state index in [9.17, 15) is 0 Å². The zero-order chi connectivity index (χ0) is 12.1. The van der Waals surface area contributed by atoms with E-state index in [1.807, 2.05) is 0 Å². The van der Waals surface area contributed by atoms with Crippen molar-refractivity contribution in [3.05, 3.63) is 0 Å². The second-order valence-electron chi connectivity index (χ2n) is 5.92. The van der Waals surface area contributed by atoms with Crippen molar-refractivity contribution in [3.63, 3.8) is 0 Å². The Bertz CT molecular complexity index is 207. The molecule has 0 aromatic heterocycles. The summed E-state index contributed by atoms with van der Waals surface area (Å²) >= 11 is 0. The maximum Gasteiger partial charge on any atom is 0.0223 e. The van der Waals surface area contributed by atoms with Crippen molar-refractivity contribution in [3.8, 4) is 0 Å². The van der Waals surface area contributed by atoms with E-state index in [0.29, 0.717) is 0 Å². The summed E-state index contributed by atoms with van der Waals surface area (Å²) < 4.78 is 0. The molecule has 2 aliphatic carbocycles. The molecule has 1 atom stereocenters. The summed E-state index contributed by atoms with van der Waals surface area (Å²) in [5.74, 6) is 0.953. The van der Waals surface area contributed by atoms with Gasteiger partial charge in [-0.05, 0) is 51.1 Å². The Morgan fingerprint density at radius 3 is 2.35 bits per heavy atom. The van der Waals surface area contributed by atoms with Gasteiger partial charge in [0.15, 0.2) is 0 Å². The average molecular weight is 238 g/mol. The Kier molecular flexibility index (Phi) is 5.30. The molecule has 0 aliphatic heterocycles. The first-order chi connectivity index (χ1) is 8.35. The molecule has 17 heavy (non-hydrogen) atoms. The van der Waals surface area contributed by atoms with Crippen LogP contribution in [0.2, 0.25) is 0 Å². The maximum atomic E-state index is 3.82. The van der Waals surface area contributed by atoms with Crippen LogP contribution in [0.1, 0.15) is 58.8 Å². The van der Waals surface area contributed by atoms with Crippen LogP contribution >= 0.6 is 0 Å². The SMILES string of the molecule is CCCNC(CN(CC)C1CC1)C1CCCC1. The maximum absolute atomic E-state index is 3.82. The van der Waals surface area contributed by atoms with Crippen molar-refractivity contribution in [2.75, 3.05) is 19.6 Å². The summed E-state index contributed by atoms with van der Waals surface area (Å²) in [7, 11) is 0. The van der Waals surface area contributed by atoms with Gasteiger partial charge in [0.05, 0.1) is 0 Å². The summed E-state index contributed by atoms with van der Waals surface area (Å²) in [5.41, 5.74) is 0. The van der Waals surface area contributed by atoms with Gasteiger partial charge < -0.3 is 5.32 Å². The number of likely N-dealkylation sites (N-methyl/N-ethyl adjacent to an activating group) is 1. The quantitative estimate of drug-likeness (QED) is 0.699. The molecule has 0 radical (unpaired) electrons. The van der Waals surface area contributed by atoms with Gasteiger partial charge in [-0.2, -0.15) is 0 Å². The highest BCUT2D eigenvalue weighted by molar-refractivity contribution is 4.89. The molecule has 2 rings (SSSR count). The van der Waals surface area contributed by atoms with Gasteiger partial charge in [0.25, 0.3) is 0 Å². The normalized spacial score (nSPS) is 23.5. The van der Waals surface area contributed by atoms with Gasteiger partial charge >= 0.3 is 0 Å². The summed E-state index contributed by atoms with van der Waals surface area (Å²) in [6, 6.07) is 1.69. The molecule has 0 saturated heterocycles. The number of nitrogens with one attached hydrogen (secondary N) is 1. The third-order valence-corrected chi connectivity index (χ3v) is 4.53. The number of hydrogen-bond donors (Lipinski definition) is 1. The van der Waals surface area contributed by atoms with Gasteiger partial charge in [0.2, 0.25) is 0 Å². The number of rotatable bonds is 8. The minimum atomic E-state index is 0.762. The van der Waals surface area contributed by atoms with Gasteiger partial charge in [-0.15, -0.1) is 0 Å². The van der Waals surface area contributed by atoms with Crippen LogP contribution in [0.3, 0.4) is 0 Å². The first-order valence-corrected chi connectivity index (χ1v) is 7.82. The van der Waals surface area contributed by atoms with Crippen LogP contribution in [0.15, 0.2) is 0 Å². The molecule has 0 spiro atoms. The van der Waals surface area contributed by atoms with Crippen LogP contribution in [0.25, 0.3) is 0 Å². The highest BCUT2D eigenvalue weighted by Crippen LogP contribution is 2.31. The highest BCUT2D eigenvalue weighted by atomic mass is 15.2. The fourth-order valence-electron chi connectivity index (χ4n) is 3.30. The Morgan fingerprint density at radius 2 is 1.82 bits per heavy atom. The summed E-state index contributed by atoms with van der Waals surface area (Å²) in [4.78, 5) is 2.71. The van der Waals surface area contributed by atoms with Crippen molar-refractivity contribution in [2.24, 2.45) is 5.92 Å². The van der Waals surface area contributed by atoms with Crippen molar-refractivity contribution in [2.45, 2.75) is 70.9 Å². The topological polar surface area (TPSA) is 15.3 Å². The molecule has 0 amide bonds. The van der Waals surface area contributed by atoms with Crippen LogP contribution in [-0.4, -0.2) is 36.6 Å². The highest BCUT2D eigenvalue weighted by Gasteiger charge is 2.32. The molecule has 2 aliphatic rings. The van der Waals surface area contributed by atoms with E-state index in [2.05, 4.69) is 24.1 Å². The van der Waals surface area contributed by atoms with Crippen LogP contribution in [-0.2, 0) is 0 Å². The number of nitrogens with zero attached hydrogens (tertiary/aromatic N) is 1. The first kappa shape index (κ1) is 13.4. The Morgan fingerprint density at radius 1 is 1.12 bits per heavy atom. The zero-order valence-electron chi connectivity index (χ0n) is 11.8. The van der Waals surface area contributed by atoms with E-state index in [1.54, 1.807) is 0 Å². The minimum absolute atomic E-state index is 0.762. The second kappa shape index (κ2) is 6.75. The van der Waals surface area contributed by atoms with E-state index >= 15 is 0 Å². The second-order valence-corrected chi connectivity index (χ2v) is 5.92. The van der Waals surface area contributed by atoms with E-state index in [4.69, 9.17) is 0 Å². The van der Waals surface area contributed by atoms with Gasteiger partial charge in [-0.1, -0.05) is 26.7 Å². The molecule has 100 valence electrons. The van der Waals surface area contributed by atoms with Crippen molar-refractivity contribution >= 4 is 0 Å². The van der Waals surface area contributed by atoms with E-state index in [0.717, 1.165) is 18.0 Å². The molecule has 0 aromatic carbocycles. The van der Waals surface area contributed by atoms with Gasteiger partial charge in [-0.25, -0.2) is 0 Å². The van der Waals surface area contributed by atoms with Gasteiger partial charge in [0, 0.05) is 18.6 Å². The molecule has 1 N–H and O–H groups in total. The fourth-order valence-corrected chi connectivity index (χ4v) is 3.30. The molecule has 2 saturated carbocycles. The van der Waals surface area contributed by atoms with Crippen LogP contribution in [0.5, 0.6) is 0 Å².